The Hall–Kier alpha value is -3.36. The topological polar surface area (TPSA) is 88.8 Å². The molecule has 156 valence electrons. The van der Waals surface area contributed by atoms with Crippen LogP contribution in [0.2, 0.25) is 0 Å². The SMILES string of the molecule is Cc1cc(C)nc(N2CCC(C)C(NC(=O)c3cccc(F)c3-n3nccn3)C2)n1. The Labute approximate surface area is 174 Å². The number of anilines is 1. The number of rotatable bonds is 4. The molecule has 30 heavy (non-hydrogen) atoms. The molecule has 4 rings (SSSR count). The predicted octanol–water partition coefficient (Wildman–Crippen LogP) is 2.46. The Morgan fingerprint density at radius 3 is 2.57 bits per heavy atom. The number of aryl methyl sites for hydroxylation is 2. The van der Waals surface area contributed by atoms with Crippen LogP contribution in [0.5, 0.6) is 0 Å². The second-order valence-electron chi connectivity index (χ2n) is 7.70. The van der Waals surface area contributed by atoms with Gasteiger partial charge < -0.3 is 10.2 Å². The maximum atomic E-state index is 14.5. The summed E-state index contributed by atoms with van der Waals surface area (Å²) in [6.45, 7) is 7.39. The molecule has 1 aromatic carbocycles. The lowest BCUT2D eigenvalue weighted by atomic mass is 9.93. The number of nitrogens with one attached hydrogen (secondary N) is 1. The van der Waals surface area contributed by atoms with E-state index < -0.39 is 5.82 Å². The molecule has 2 unspecified atom stereocenters. The van der Waals surface area contributed by atoms with Gasteiger partial charge in [-0.15, -0.1) is 4.80 Å². The second kappa shape index (κ2) is 8.17. The van der Waals surface area contributed by atoms with Crippen LogP contribution in [-0.2, 0) is 0 Å². The zero-order valence-corrected chi connectivity index (χ0v) is 17.2. The molecule has 9 heteroatoms. The molecule has 3 aromatic rings. The lowest BCUT2D eigenvalue weighted by Crippen LogP contribution is -2.52. The third-order valence-corrected chi connectivity index (χ3v) is 5.38. The van der Waals surface area contributed by atoms with Gasteiger partial charge in [-0.1, -0.05) is 13.0 Å². The quantitative estimate of drug-likeness (QED) is 0.712. The van der Waals surface area contributed by atoms with Crippen molar-refractivity contribution in [2.24, 2.45) is 5.92 Å². The molecule has 8 nitrogen and oxygen atoms in total. The highest BCUT2D eigenvalue weighted by Crippen LogP contribution is 2.23. The van der Waals surface area contributed by atoms with Gasteiger partial charge in [0.05, 0.1) is 18.0 Å². The van der Waals surface area contributed by atoms with Gasteiger partial charge >= 0.3 is 0 Å². The van der Waals surface area contributed by atoms with E-state index in [9.17, 15) is 9.18 Å². The van der Waals surface area contributed by atoms with Crippen LogP contribution >= 0.6 is 0 Å². The molecular weight excluding hydrogens is 385 g/mol. The van der Waals surface area contributed by atoms with Crippen molar-refractivity contribution in [1.82, 2.24) is 30.3 Å². The highest BCUT2D eigenvalue weighted by molar-refractivity contribution is 5.98. The highest BCUT2D eigenvalue weighted by Gasteiger charge is 2.30. The van der Waals surface area contributed by atoms with Crippen LogP contribution in [0.3, 0.4) is 0 Å². The van der Waals surface area contributed by atoms with Crippen molar-refractivity contribution < 1.29 is 9.18 Å². The van der Waals surface area contributed by atoms with Gasteiger partial charge in [-0.3, -0.25) is 4.79 Å². The number of carbonyl (C=O) groups excluding carboxylic acids is 1. The van der Waals surface area contributed by atoms with Gasteiger partial charge in [0.1, 0.15) is 5.69 Å². The number of benzene rings is 1. The summed E-state index contributed by atoms with van der Waals surface area (Å²) < 4.78 is 14.5. The normalized spacial score (nSPS) is 19.0. The van der Waals surface area contributed by atoms with E-state index in [1.54, 1.807) is 6.07 Å². The van der Waals surface area contributed by atoms with Crippen LogP contribution < -0.4 is 10.2 Å². The fourth-order valence-corrected chi connectivity index (χ4v) is 3.77. The smallest absolute Gasteiger partial charge is 0.253 e. The molecule has 1 aliphatic rings. The number of hydrogen-bond acceptors (Lipinski definition) is 6. The van der Waals surface area contributed by atoms with Crippen LogP contribution in [0.15, 0.2) is 36.7 Å². The monoisotopic (exact) mass is 409 g/mol. The van der Waals surface area contributed by atoms with Crippen molar-refractivity contribution in [1.29, 1.82) is 0 Å². The zero-order valence-electron chi connectivity index (χ0n) is 17.2. The van der Waals surface area contributed by atoms with Crippen LogP contribution in [0.4, 0.5) is 10.3 Å². The maximum absolute atomic E-state index is 14.5. The summed E-state index contributed by atoms with van der Waals surface area (Å²) in [5.41, 5.74) is 2.05. The largest absolute Gasteiger partial charge is 0.347 e. The molecule has 2 aromatic heterocycles. The van der Waals surface area contributed by atoms with E-state index in [0.717, 1.165) is 29.1 Å². The molecular formula is C21H24FN7O. The minimum Gasteiger partial charge on any atom is -0.347 e. The summed E-state index contributed by atoms with van der Waals surface area (Å²) in [6.07, 6.45) is 3.77. The average molecular weight is 409 g/mol. The summed E-state index contributed by atoms with van der Waals surface area (Å²) >= 11 is 0. The number of nitrogens with zero attached hydrogens (tertiary/aromatic N) is 6. The Balaban J connectivity index is 1.56. The molecule has 1 aliphatic heterocycles. The molecule has 0 aliphatic carbocycles. The second-order valence-corrected chi connectivity index (χ2v) is 7.70. The van der Waals surface area contributed by atoms with E-state index in [4.69, 9.17) is 0 Å². The number of hydrogen-bond donors (Lipinski definition) is 1. The molecule has 1 saturated heterocycles. The van der Waals surface area contributed by atoms with E-state index in [1.807, 2.05) is 19.9 Å². The summed E-state index contributed by atoms with van der Waals surface area (Å²) in [5.74, 6) is 0.0180. The standard InChI is InChI=1S/C21H24FN7O/c1-13-7-10-28(21-25-14(2)11-15(3)26-21)12-18(13)27-20(30)16-5-4-6-17(22)19(16)29-23-8-9-24-29/h4-6,8-9,11,13,18H,7,10,12H2,1-3H3,(H,27,30). The van der Waals surface area contributed by atoms with Crippen molar-refractivity contribution in [2.45, 2.75) is 33.2 Å². The molecule has 0 saturated carbocycles. The van der Waals surface area contributed by atoms with E-state index in [1.165, 1.54) is 24.5 Å². The minimum absolute atomic E-state index is 0.0398. The summed E-state index contributed by atoms with van der Waals surface area (Å²) in [4.78, 5) is 25.4. The predicted molar refractivity (Wildman–Crippen MR) is 110 cm³/mol. The minimum atomic E-state index is -0.555. The molecule has 0 radical (unpaired) electrons. The van der Waals surface area contributed by atoms with Crippen molar-refractivity contribution >= 4 is 11.9 Å². The number of halogens is 1. The first-order chi connectivity index (χ1) is 14.4. The number of amides is 1. The van der Waals surface area contributed by atoms with Crippen molar-refractivity contribution in [2.75, 3.05) is 18.0 Å². The van der Waals surface area contributed by atoms with E-state index in [-0.39, 0.29) is 29.1 Å². The molecule has 1 N–H and O–H groups in total. The van der Waals surface area contributed by atoms with Crippen LogP contribution in [0, 0.1) is 25.6 Å². The molecule has 1 amide bonds. The van der Waals surface area contributed by atoms with Gasteiger partial charge in [-0.2, -0.15) is 10.2 Å². The van der Waals surface area contributed by atoms with Crippen LogP contribution in [0.1, 0.15) is 35.1 Å². The molecule has 3 heterocycles. The number of piperidine rings is 1. The Bertz CT molecular complexity index is 1030. The van der Waals surface area contributed by atoms with E-state index in [0.29, 0.717) is 12.5 Å². The lowest BCUT2D eigenvalue weighted by Gasteiger charge is -2.37. The van der Waals surface area contributed by atoms with Gasteiger partial charge in [0, 0.05) is 30.5 Å². The van der Waals surface area contributed by atoms with Crippen LogP contribution in [0.25, 0.3) is 5.69 Å². The molecule has 0 bridgehead atoms. The van der Waals surface area contributed by atoms with Gasteiger partial charge in [0.25, 0.3) is 5.91 Å². The Morgan fingerprint density at radius 1 is 1.17 bits per heavy atom. The molecule has 0 spiro atoms. The van der Waals surface area contributed by atoms with Crippen LogP contribution in [-0.4, -0.2) is 50.0 Å². The third-order valence-electron chi connectivity index (χ3n) is 5.38. The maximum Gasteiger partial charge on any atom is 0.253 e. The Morgan fingerprint density at radius 2 is 1.87 bits per heavy atom. The third kappa shape index (κ3) is 4.00. The molecule has 2 atom stereocenters. The summed E-state index contributed by atoms with van der Waals surface area (Å²) in [7, 11) is 0. The Kier molecular flexibility index (Phi) is 5.43. The van der Waals surface area contributed by atoms with Gasteiger partial charge in [-0.25, -0.2) is 14.4 Å². The fourth-order valence-electron chi connectivity index (χ4n) is 3.77. The first-order valence-electron chi connectivity index (χ1n) is 9.95. The van der Waals surface area contributed by atoms with E-state index in [2.05, 4.69) is 37.3 Å². The van der Waals surface area contributed by atoms with Gasteiger partial charge in [0.15, 0.2) is 5.82 Å². The highest BCUT2D eigenvalue weighted by atomic mass is 19.1. The van der Waals surface area contributed by atoms with E-state index >= 15 is 0 Å². The van der Waals surface area contributed by atoms with Crippen molar-refractivity contribution in [3.05, 3.63) is 59.4 Å². The number of aromatic nitrogens is 5. The van der Waals surface area contributed by atoms with Gasteiger partial charge in [0.2, 0.25) is 5.95 Å². The first-order valence-corrected chi connectivity index (χ1v) is 9.95. The van der Waals surface area contributed by atoms with Crippen molar-refractivity contribution in [3.63, 3.8) is 0 Å². The number of para-hydroxylation sites is 1. The summed E-state index contributed by atoms with van der Waals surface area (Å²) in [5, 5.41) is 11.0. The first kappa shape index (κ1) is 19.9. The number of carbonyl (C=O) groups is 1. The summed E-state index contributed by atoms with van der Waals surface area (Å²) in [6, 6.07) is 6.19. The lowest BCUT2D eigenvalue weighted by molar-refractivity contribution is 0.0918. The zero-order chi connectivity index (χ0) is 21.3. The average Bonchev–Trinajstić information content (AvgIpc) is 3.23. The van der Waals surface area contributed by atoms with Crippen molar-refractivity contribution in [3.8, 4) is 5.69 Å². The molecule has 1 fully saturated rings. The fraction of sp³-hybridized carbons (Fsp3) is 0.381. The van der Waals surface area contributed by atoms with Gasteiger partial charge in [-0.05, 0) is 44.4 Å².